The number of piperidine rings is 1. The highest BCUT2D eigenvalue weighted by Crippen LogP contribution is 2.36. The summed E-state index contributed by atoms with van der Waals surface area (Å²) in [5.41, 5.74) is 3.85. The Morgan fingerprint density at radius 1 is 1.26 bits per heavy atom. The molecule has 1 spiro atoms. The Morgan fingerprint density at radius 2 is 2.06 bits per heavy atom. The number of nitriles is 1. The number of methoxy groups -OCH3 is 1. The van der Waals surface area contributed by atoms with Gasteiger partial charge in [0.05, 0.1) is 25.4 Å². The van der Waals surface area contributed by atoms with Crippen molar-refractivity contribution in [1.29, 1.82) is 5.26 Å². The molecule has 1 aromatic heterocycles. The van der Waals surface area contributed by atoms with Crippen LogP contribution in [0.3, 0.4) is 0 Å². The van der Waals surface area contributed by atoms with Crippen molar-refractivity contribution in [2.75, 3.05) is 38.2 Å². The van der Waals surface area contributed by atoms with E-state index in [-0.39, 0.29) is 5.97 Å². The molecule has 1 aromatic carbocycles. The van der Waals surface area contributed by atoms with Gasteiger partial charge in [0.25, 0.3) is 0 Å². The number of amides is 1. The molecule has 3 aliphatic rings. The molecule has 9 nitrogen and oxygen atoms in total. The summed E-state index contributed by atoms with van der Waals surface area (Å²) in [5, 5.41) is 9.17. The molecule has 1 amide bonds. The smallest absolute Gasteiger partial charge is 0.416 e. The zero-order chi connectivity index (χ0) is 23.9. The lowest BCUT2D eigenvalue weighted by molar-refractivity contribution is 0.00124. The van der Waals surface area contributed by atoms with E-state index in [0.29, 0.717) is 35.8 Å². The zero-order valence-corrected chi connectivity index (χ0v) is 19.3. The predicted octanol–water partition coefficient (Wildman–Crippen LogP) is 2.97. The molecule has 2 saturated heterocycles. The summed E-state index contributed by atoms with van der Waals surface area (Å²) in [6.07, 6.45) is 3.37. The lowest BCUT2D eigenvalue weighted by atomic mass is 9.90. The van der Waals surface area contributed by atoms with E-state index in [4.69, 9.17) is 19.5 Å². The number of anilines is 1. The van der Waals surface area contributed by atoms with Gasteiger partial charge in [-0.2, -0.15) is 5.26 Å². The number of nitrogens with zero attached hydrogens (tertiary/aromatic N) is 4. The van der Waals surface area contributed by atoms with E-state index in [1.54, 1.807) is 6.07 Å². The van der Waals surface area contributed by atoms with Crippen LogP contribution in [0.5, 0.6) is 5.75 Å². The van der Waals surface area contributed by atoms with Crippen molar-refractivity contribution in [2.45, 2.75) is 38.4 Å². The summed E-state index contributed by atoms with van der Waals surface area (Å²) in [6, 6.07) is 7.53. The van der Waals surface area contributed by atoms with Crippen LogP contribution in [0.2, 0.25) is 0 Å². The van der Waals surface area contributed by atoms with Gasteiger partial charge in [-0.1, -0.05) is 6.07 Å². The number of likely N-dealkylation sites (tertiary alicyclic amines) is 1. The number of aromatic nitrogens is 1. The molecule has 3 aliphatic heterocycles. The largest absolute Gasteiger partial charge is 0.495 e. The average Bonchev–Trinajstić information content (AvgIpc) is 3.39. The van der Waals surface area contributed by atoms with E-state index in [1.165, 1.54) is 23.8 Å². The lowest BCUT2D eigenvalue weighted by Crippen LogP contribution is -2.47. The van der Waals surface area contributed by atoms with E-state index in [1.807, 2.05) is 18.2 Å². The lowest BCUT2D eigenvalue weighted by Gasteiger charge is -2.37. The van der Waals surface area contributed by atoms with Gasteiger partial charge >= 0.3 is 12.1 Å². The molecule has 4 heterocycles. The number of benzene rings is 1. The molecule has 5 rings (SSSR count). The number of ether oxygens (including phenoxy) is 3. The second kappa shape index (κ2) is 8.61. The van der Waals surface area contributed by atoms with Gasteiger partial charge in [0.2, 0.25) is 0 Å². The van der Waals surface area contributed by atoms with Gasteiger partial charge in [0, 0.05) is 44.1 Å². The van der Waals surface area contributed by atoms with E-state index < -0.39 is 11.7 Å². The highest BCUT2D eigenvalue weighted by molar-refractivity contribution is 5.94. The molecule has 0 N–H and O–H groups in total. The zero-order valence-electron chi connectivity index (χ0n) is 19.3. The second-order valence-corrected chi connectivity index (χ2v) is 9.04. The molecule has 0 aliphatic carbocycles. The van der Waals surface area contributed by atoms with Crippen molar-refractivity contribution in [3.05, 3.63) is 52.2 Å². The molecule has 9 heteroatoms. The first-order valence-corrected chi connectivity index (χ1v) is 11.4. The number of esters is 1. The molecule has 2 aromatic rings. The van der Waals surface area contributed by atoms with Crippen molar-refractivity contribution in [3.8, 4) is 11.8 Å². The van der Waals surface area contributed by atoms with Gasteiger partial charge in [0.1, 0.15) is 35.4 Å². The number of hydrogen-bond donors (Lipinski definition) is 0. The van der Waals surface area contributed by atoms with Crippen LogP contribution in [0.15, 0.2) is 24.4 Å². The van der Waals surface area contributed by atoms with Gasteiger partial charge in [-0.05, 0) is 30.5 Å². The minimum atomic E-state index is -0.530. The molecule has 0 radical (unpaired) electrons. The summed E-state index contributed by atoms with van der Waals surface area (Å²) >= 11 is 0. The van der Waals surface area contributed by atoms with Crippen molar-refractivity contribution >= 4 is 17.9 Å². The highest BCUT2D eigenvalue weighted by Gasteiger charge is 2.48. The molecule has 176 valence electrons. The van der Waals surface area contributed by atoms with Crippen LogP contribution >= 0.6 is 0 Å². The standard InChI is InChI=1S/C25H26N4O5/c1-16-17(3-4-19-20(16)14-33-23(19)30)5-8-28-9-6-25(7-10-28)15-29(24(31)34-25)22-11-21(32-2)18(12-26)13-27-22/h3-4,11,13H,5-10,14-15H2,1-2H3. The predicted molar refractivity (Wildman–Crippen MR) is 122 cm³/mol. The van der Waals surface area contributed by atoms with Crippen LogP contribution in [-0.4, -0.2) is 60.8 Å². The first-order chi connectivity index (χ1) is 16.4. The summed E-state index contributed by atoms with van der Waals surface area (Å²) in [5.74, 6) is 0.573. The fourth-order valence-corrected chi connectivity index (χ4v) is 5.02. The topological polar surface area (TPSA) is 105 Å². The number of hydrogen-bond acceptors (Lipinski definition) is 8. The monoisotopic (exact) mass is 462 g/mol. The normalized spacial score (nSPS) is 19.0. The van der Waals surface area contributed by atoms with E-state index in [9.17, 15) is 9.59 Å². The SMILES string of the molecule is COc1cc(N2CC3(CCN(CCc4ccc5c(c4C)COC5=O)CC3)OC2=O)ncc1C#N. The third-order valence-electron chi connectivity index (χ3n) is 7.18. The minimum Gasteiger partial charge on any atom is -0.495 e. The van der Waals surface area contributed by atoms with Gasteiger partial charge in [-0.15, -0.1) is 0 Å². The van der Waals surface area contributed by atoms with Crippen LogP contribution in [0.25, 0.3) is 0 Å². The van der Waals surface area contributed by atoms with Crippen LogP contribution in [0.4, 0.5) is 10.6 Å². The first-order valence-electron chi connectivity index (χ1n) is 11.4. The van der Waals surface area contributed by atoms with Crippen molar-refractivity contribution in [3.63, 3.8) is 0 Å². The number of rotatable bonds is 5. The Hall–Kier alpha value is -3.64. The first kappa shape index (κ1) is 22.2. The molecular weight excluding hydrogens is 436 g/mol. The number of carbonyl (C=O) groups is 2. The molecule has 34 heavy (non-hydrogen) atoms. The van der Waals surface area contributed by atoms with Gasteiger partial charge < -0.3 is 19.1 Å². The van der Waals surface area contributed by atoms with Crippen LogP contribution < -0.4 is 9.64 Å². The van der Waals surface area contributed by atoms with E-state index in [2.05, 4.69) is 16.8 Å². The molecular formula is C25H26N4O5. The maximum atomic E-state index is 12.7. The Kier molecular flexibility index (Phi) is 5.62. The molecule has 0 saturated carbocycles. The Bertz CT molecular complexity index is 1200. The van der Waals surface area contributed by atoms with E-state index in [0.717, 1.165) is 50.0 Å². The third-order valence-corrected chi connectivity index (χ3v) is 7.18. The number of pyridine rings is 1. The maximum Gasteiger partial charge on any atom is 0.416 e. The Balaban J connectivity index is 1.20. The maximum absolute atomic E-state index is 12.7. The summed E-state index contributed by atoms with van der Waals surface area (Å²) in [6.45, 7) is 5.41. The van der Waals surface area contributed by atoms with Crippen molar-refractivity contribution in [1.82, 2.24) is 9.88 Å². The third kappa shape index (κ3) is 3.84. The van der Waals surface area contributed by atoms with Crippen LogP contribution in [0, 0.1) is 18.3 Å². The quantitative estimate of drug-likeness (QED) is 0.625. The fourth-order valence-electron chi connectivity index (χ4n) is 5.02. The number of fused-ring (bicyclic) bond motifs is 1. The minimum absolute atomic E-state index is 0.235. The van der Waals surface area contributed by atoms with Gasteiger partial charge in [0.15, 0.2) is 0 Å². The summed E-state index contributed by atoms with van der Waals surface area (Å²) in [4.78, 5) is 32.6. The Labute approximate surface area is 197 Å². The number of carbonyl (C=O) groups excluding carboxylic acids is 2. The fraction of sp³-hybridized carbons (Fsp3) is 0.440. The molecule has 0 unspecified atom stereocenters. The van der Waals surface area contributed by atoms with Crippen molar-refractivity contribution in [2.24, 2.45) is 0 Å². The Morgan fingerprint density at radius 3 is 2.79 bits per heavy atom. The second-order valence-electron chi connectivity index (χ2n) is 9.04. The van der Waals surface area contributed by atoms with Crippen LogP contribution in [-0.2, 0) is 22.5 Å². The van der Waals surface area contributed by atoms with Crippen molar-refractivity contribution < 1.29 is 23.8 Å². The van der Waals surface area contributed by atoms with E-state index >= 15 is 0 Å². The number of cyclic esters (lactones) is 1. The molecule has 0 atom stereocenters. The molecule has 0 bridgehead atoms. The van der Waals surface area contributed by atoms with Crippen LogP contribution in [0.1, 0.15) is 45.5 Å². The highest BCUT2D eigenvalue weighted by atomic mass is 16.6. The van der Waals surface area contributed by atoms with Gasteiger partial charge in [-0.25, -0.2) is 14.6 Å². The average molecular weight is 463 g/mol. The summed E-state index contributed by atoms with van der Waals surface area (Å²) < 4.78 is 16.3. The van der Waals surface area contributed by atoms with Gasteiger partial charge in [-0.3, -0.25) is 4.90 Å². The summed E-state index contributed by atoms with van der Waals surface area (Å²) in [7, 11) is 1.48. The molecule has 2 fully saturated rings.